The van der Waals surface area contributed by atoms with Crippen molar-refractivity contribution in [3.05, 3.63) is 54.0 Å². The van der Waals surface area contributed by atoms with Crippen LogP contribution in [0.25, 0.3) is 11.0 Å². The first-order valence-corrected chi connectivity index (χ1v) is 8.41. The first-order chi connectivity index (χ1) is 12.2. The Bertz CT molecular complexity index is 934. The van der Waals surface area contributed by atoms with Gasteiger partial charge in [0.2, 0.25) is 5.88 Å². The van der Waals surface area contributed by atoms with Gasteiger partial charge in [-0.15, -0.1) is 0 Å². The molecule has 3 heterocycles. The first kappa shape index (κ1) is 15.6. The maximum absolute atomic E-state index is 13.0. The molecule has 6 heteroatoms. The normalized spacial score (nSPS) is 17.2. The number of benzene rings is 1. The largest absolute Gasteiger partial charge is 0.481 e. The number of ether oxygens (including phenoxy) is 1. The monoisotopic (exact) mass is 336 g/mol. The number of rotatable bonds is 3. The van der Waals surface area contributed by atoms with Gasteiger partial charge in [-0.05, 0) is 31.0 Å². The van der Waals surface area contributed by atoms with Crippen LogP contribution in [0, 0.1) is 0 Å². The van der Waals surface area contributed by atoms with E-state index in [4.69, 9.17) is 9.72 Å². The number of aryl methyl sites for hydroxylation is 1. The quantitative estimate of drug-likeness (QED) is 0.738. The molecule has 1 amide bonds. The molecule has 1 aromatic carbocycles. The highest BCUT2D eigenvalue weighted by atomic mass is 16.5. The van der Waals surface area contributed by atoms with Gasteiger partial charge in [0.05, 0.1) is 24.2 Å². The molecular formula is C19H20N4O2. The number of pyridine rings is 1. The van der Waals surface area contributed by atoms with Crippen molar-refractivity contribution in [1.82, 2.24) is 19.4 Å². The summed E-state index contributed by atoms with van der Waals surface area (Å²) in [5, 5.41) is 0. The smallest absolute Gasteiger partial charge is 0.254 e. The molecule has 25 heavy (non-hydrogen) atoms. The Balaban J connectivity index is 1.69. The maximum atomic E-state index is 13.0. The number of amides is 1. The van der Waals surface area contributed by atoms with Gasteiger partial charge in [-0.2, -0.15) is 0 Å². The van der Waals surface area contributed by atoms with Crippen LogP contribution in [0.15, 0.2) is 42.6 Å². The summed E-state index contributed by atoms with van der Waals surface area (Å²) in [4.78, 5) is 23.8. The van der Waals surface area contributed by atoms with Crippen molar-refractivity contribution in [2.24, 2.45) is 7.05 Å². The third-order valence-electron chi connectivity index (χ3n) is 4.82. The lowest BCUT2D eigenvalue weighted by atomic mass is 10.1. The average Bonchev–Trinajstić information content (AvgIpc) is 3.26. The zero-order valence-electron chi connectivity index (χ0n) is 14.3. The minimum absolute atomic E-state index is 0.00439. The Labute approximate surface area is 146 Å². The summed E-state index contributed by atoms with van der Waals surface area (Å²) >= 11 is 0. The molecule has 0 saturated carbocycles. The van der Waals surface area contributed by atoms with Gasteiger partial charge in [-0.1, -0.05) is 12.1 Å². The summed E-state index contributed by atoms with van der Waals surface area (Å²) in [6, 6.07) is 11.5. The molecule has 1 fully saturated rings. The zero-order valence-corrected chi connectivity index (χ0v) is 14.3. The third-order valence-corrected chi connectivity index (χ3v) is 4.82. The van der Waals surface area contributed by atoms with Crippen molar-refractivity contribution in [1.29, 1.82) is 0 Å². The number of carbonyl (C=O) groups excluding carboxylic acids is 1. The molecular weight excluding hydrogens is 316 g/mol. The molecule has 0 aliphatic carbocycles. The van der Waals surface area contributed by atoms with Gasteiger partial charge in [-0.3, -0.25) is 4.79 Å². The second-order valence-corrected chi connectivity index (χ2v) is 6.26. The number of hydrogen-bond donors (Lipinski definition) is 0. The molecule has 1 aliphatic heterocycles. The van der Waals surface area contributed by atoms with Crippen LogP contribution in [0.1, 0.15) is 35.1 Å². The van der Waals surface area contributed by atoms with Crippen LogP contribution in [-0.4, -0.2) is 39.0 Å². The molecule has 3 aromatic rings. The van der Waals surface area contributed by atoms with E-state index < -0.39 is 0 Å². The number of carbonyl (C=O) groups is 1. The topological polar surface area (TPSA) is 60.2 Å². The van der Waals surface area contributed by atoms with Crippen molar-refractivity contribution in [3.8, 4) is 5.88 Å². The van der Waals surface area contributed by atoms with Crippen LogP contribution < -0.4 is 4.74 Å². The highest BCUT2D eigenvalue weighted by molar-refractivity contribution is 5.95. The van der Waals surface area contributed by atoms with Crippen LogP contribution in [-0.2, 0) is 7.05 Å². The Morgan fingerprint density at radius 2 is 2.12 bits per heavy atom. The number of aromatic nitrogens is 3. The van der Waals surface area contributed by atoms with Gasteiger partial charge in [0.25, 0.3) is 5.91 Å². The number of methoxy groups -OCH3 is 1. The fourth-order valence-electron chi connectivity index (χ4n) is 3.56. The molecule has 0 spiro atoms. The van der Waals surface area contributed by atoms with E-state index in [1.54, 1.807) is 25.4 Å². The van der Waals surface area contributed by atoms with E-state index in [0.29, 0.717) is 11.4 Å². The van der Waals surface area contributed by atoms with Gasteiger partial charge in [-0.25, -0.2) is 9.97 Å². The maximum Gasteiger partial charge on any atom is 0.254 e. The Kier molecular flexibility index (Phi) is 3.87. The number of likely N-dealkylation sites (tertiary alicyclic amines) is 1. The Morgan fingerprint density at radius 3 is 2.92 bits per heavy atom. The van der Waals surface area contributed by atoms with E-state index in [1.807, 2.05) is 30.1 Å². The minimum atomic E-state index is -0.0101. The average molecular weight is 336 g/mol. The van der Waals surface area contributed by atoms with Crippen LogP contribution in [0.5, 0.6) is 5.88 Å². The SMILES string of the molecule is COc1cc(C(=O)N2CCC[C@@H]2c2nc3ccccc3n2C)ccn1. The molecule has 6 nitrogen and oxygen atoms in total. The van der Waals surface area contributed by atoms with E-state index in [-0.39, 0.29) is 11.9 Å². The number of nitrogens with zero attached hydrogens (tertiary/aromatic N) is 4. The van der Waals surface area contributed by atoms with E-state index in [0.717, 1.165) is 36.2 Å². The summed E-state index contributed by atoms with van der Waals surface area (Å²) < 4.78 is 7.24. The molecule has 0 radical (unpaired) electrons. The minimum Gasteiger partial charge on any atom is -0.481 e. The molecule has 4 rings (SSSR count). The van der Waals surface area contributed by atoms with Crippen molar-refractivity contribution in [3.63, 3.8) is 0 Å². The number of hydrogen-bond acceptors (Lipinski definition) is 4. The summed E-state index contributed by atoms with van der Waals surface area (Å²) in [5.41, 5.74) is 2.64. The third kappa shape index (κ3) is 2.63. The molecule has 0 unspecified atom stereocenters. The predicted molar refractivity (Wildman–Crippen MR) is 94.5 cm³/mol. The lowest BCUT2D eigenvalue weighted by Crippen LogP contribution is -2.31. The number of fused-ring (bicyclic) bond motifs is 1. The van der Waals surface area contributed by atoms with Crippen molar-refractivity contribution in [2.75, 3.05) is 13.7 Å². The molecule has 1 aliphatic rings. The summed E-state index contributed by atoms with van der Waals surface area (Å²) in [6.45, 7) is 0.733. The fraction of sp³-hybridized carbons (Fsp3) is 0.316. The second-order valence-electron chi connectivity index (χ2n) is 6.26. The van der Waals surface area contributed by atoms with Gasteiger partial charge in [0.1, 0.15) is 5.82 Å². The van der Waals surface area contributed by atoms with Crippen LogP contribution >= 0.6 is 0 Å². The molecule has 0 bridgehead atoms. The number of imidazole rings is 1. The van der Waals surface area contributed by atoms with E-state index in [2.05, 4.69) is 15.6 Å². The standard InChI is InChI=1S/C19H20N4O2/c1-22-15-7-4-3-6-14(15)21-18(22)16-8-5-11-23(16)19(24)13-9-10-20-17(12-13)25-2/h3-4,6-7,9-10,12,16H,5,8,11H2,1-2H3/t16-/m1/s1. The van der Waals surface area contributed by atoms with Crippen LogP contribution in [0.4, 0.5) is 0 Å². The molecule has 128 valence electrons. The second kappa shape index (κ2) is 6.20. The van der Waals surface area contributed by atoms with Crippen LogP contribution in [0.3, 0.4) is 0 Å². The van der Waals surface area contributed by atoms with Crippen LogP contribution in [0.2, 0.25) is 0 Å². The molecule has 2 aromatic heterocycles. The van der Waals surface area contributed by atoms with Crippen molar-refractivity contribution in [2.45, 2.75) is 18.9 Å². The summed E-state index contributed by atoms with van der Waals surface area (Å²) in [7, 11) is 3.57. The molecule has 0 N–H and O–H groups in total. The first-order valence-electron chi connectivity index (χ1n) is 8.41. The van der Waals surface area contributed by atoms with E-state index >= 15 is 0 Å². The van der Waals surface area contributed by atoms with Crippen molar-refractivity contribution >= 4 is 16.9 Å². The fourth-order valence-corrected chi connectivity index (χ4v) is 3.56. The van der Waals surface area contributed by atoms with Gasteiger partial charge >= 0.3 is 0 Å². The van der Waals surface area contributed by atoms with E-state index in [1.165, 1.54) is 0 Å². The van der Waals surface area contributed by atoms with Gasteiger partial charge < -0.3 is 14.2 Å². The molecule has 1 saturated heterocycles. The molecule has 1 atom stereocenters. The zero-order chi connectivity index (χ0) is 17.4. The predicted octanol–water partition coefficient (Wildman–Crippen LogP) is 2.95. The highest BCUT2D eigenvalue weighted by Gasteiger charge is 2.33. The highest BCUT2D eigenvalue weighted by Crippen LogP contribution is 2.34. The van der Waals surface area contributed by atoms with E-state index in [9.17, 15) is 4.79 Å². The lowest BCUT2D eigenvalue weighted by Gasteiger charge is -2.24. The van der Waals surface area contributed by atoms with Gasteiger partial charge in [0.15, 0.2) is 0 Å². The number of para-hydroxylation sites is 2. The lowest BCUT2D eigenvalue weighted by molar-refractivity contribution is 0.0728. The van der Waals surface area contributed by atoms with Crippen molar-refractivity contribution < 1.29 is 9.53 Å². The summed E-state index contributed by atoms with van der Waals surface area (Å²) in [6.07, 6.45) is 3.50. The Hall–Kier alpha value is -2.89. The summed E-state index contributed by atoms with van der Waals surface area (Å²) in [5.74, 6) is 1.38. The Morgan fingerprint density at radius 1 is 1.28 bits per heavy atom. The van der Waals surface area contributed by atoms with Gasteiger partial charge in [0, 0.05) is 31.4 Å².